The van der Waals surface area contributed by atoms with Crippen LogP contribution in [0.25, 0.3) is 0 Å². The minimum atomic E-state index is 0.555. The molecule has 0 saturated carbocycles. The number of ether oxygens (including phenoxy) is 1. The average Bonchev–Trinajstić information content (AvgIpc) is 2.55. The first kappa shape index (κ1) is 13.4. The molecule has 2 aromatic rings. The number of aryl methyl sites for hydroxylation is 2. The molecule has 106 valence electrons. The second kappa shape index (κ2) is 5.80. The molecule has 2 aromatic heterocycles. The number of nitriles is 1. The van der Waals surface area contributed by atoms with Crippen LogP contribution in [0, 0.1) is 11.3 Å². The first-order chi connectivity index (χ1) is 10.3. The highest BCUT2D eigenvalue weighted by Crippen LogP contribution is 2.26. The quantitative estimate of drug-likeness (QED) is 0.935. The van der Waals surface area contributed by atoms with Crippen molar-refractivity contribution in [3.63, 3.8) is 0 Å². The zero-order valence-corrected chi connectivity index (χ0v) is 11.9. The van der Waals surface area contributed by atoms with Crippen LogP contribution in [-0.4, -0.2) is 17.1 Å². The third-order valence-corrected chi connectivity index (χ3v) is 3.63. The lowest BCUT2D eigenvalue weighted by Gasteiger charge is -2.17. The number of pyridine rings is 2. The number of anilines is 2. The molecular weight excluding hydrogens is 264 g/mol. The van der Waals surface area contributed by atoms with Crippen molar-refractivity contribution in [1.82, 2.24) is 9.97 Å². The standard InChI is InChI=1S/C16H16N4O/c1-21-15-7-6-13(10-18-15)19-16-12(9-17)8-11-4-2-3-5-14(11)20-16/h6-8,10H,2-5H2,1H3,(H,19,20). The van der Waals surface area contributed by atoms with Crippen LogP contribution in [-0.2, 0) is 12.8 Å². The predicted molar refractivity (Wildman–Crippen MR) is 79.7 cm³/mol. The number of methoxy groups -OCH3 is 1. The van der Waals surface area contributed by atoms with Gasteiger partial charge in [-0.05, 0) is 43.4 Å². The number of rotatable bonds is 3. The van der Waals surface area contributed by atoms with Gasteiger partial charge in [0.05, 0.1) is 24.6 Å². The van der Waals surface area contributed by atoms with Crippen molar-refractivity contribution >= 4 is 11.5 Å². The second-order valence-electron chi connectivity index (χ2n) is 5.02. The van der Waals surface area contributed by atoms with Gasteiger partial charge in [0, 0.05) is 11.8 Å². The summed E-state index contributed by atoms with van der Waals surface area (Å²) in [6, 6.07) is 7.80. The van der Waals surface area contributed by atoms with E-state index in [1.165, 1.54) is 12.0 Å². The largest absolute Gasteiger partial charge is 0.481 e. The van der Waals surface area contributed by atoms with Gasteiger partial charge < -0.3 is 10.1 Å². The molecule has 3 rings (SSSR count). The fourth-order valence-corrected chi connectivity index (χ4v) is 2.53. The Hall–Kier alpha value is -2.61. The van der Waals surface area contributed by atoms with E-state index in [1.54, 1.807) is 19.4 Å². The number of hydrogen-bond acceptors (Lipinski definition) is 5. The van der Waals surface area contributed by atoms with E-state index in [2.05, 4.69) is 21.4 Å². The molecule has 0 fully saturated rings. The number of aromatic nitrogens is 2. The maximum atomic E-state index is 9.31. The molecule has 0 atom stereocenters. The third-order valence-electron chi connectivity index (χ3n) is 3.63. The molecule has 1 aliphatic carbocycles. The number of fused-ring (bicyclic) bond motifs is 1. The molecule has 0 amide bonds. The fraction of sp³-hybridized carbons (Fsp3) is 0.312. The molecule has 21 heavy (non-hydrogen) atoms. The van der Waals surface area contributed by atoms with Crippen LogP contribution in [0.3, 0.4) is 0 Å². The van der Waals surface area contributed by atoms with Crippen molar-refractivity contribution in [2.75, 3.05) is 12.4 Å². The summed E-state index contributed by atoms with van der Waals surface area (Å²) in [6.07, 6.45) is 6.00. The molecule has 0 saturated heterocycles. The van der Waals surface area contributed by atoms with Crippen LogP contribution in [0.4, 0.5) is 11.5 Å². The maximum Gasteiger partial charge on any atom is 0.213 e. The summed E-state index contributed by atoms with van der Waals surface area (Å²) in [5, 5.41) is 12.5. The van der Waals surface area contributed by atoms with E-state index in [0.717, 1.165) is 30.6 Å². The van der Waals surface area contributed by atoms with E-state index in [0.29, 0.717) is 17.3 Å². The highest BCUT2D eigenvalue weighted by atomic mass is 16.5. The molecule has 0 bridgehead atoms. The van der Waals surface area contributed by atoms with Crippen molar-refractivity contribution in [2.45, 2.75) is 25.7 Å². The van der Waals surface area contributed by atoms with Crippen molar-refractivity contribution in [1.29, 1.82) is 5.26 Å². The first-order valence-electron chi connectivity index (χ1n) is 7.00. The lowest BCUT2D eigenvalue weighted by molar-refractivity contribution is 0.398. The molecule has 2 heterocycles. The summed E-state index contributed by atoms with van der Waals surface area (Å²) in [5.41, 5.74) is 3.67. The van der Waals surface area contributed by atoms with Crippen molar-refractivity contribution < 1.29 is 4.74 Å². The molecule has 0 aliphatic heterocycles. The van der Waals surface area contributed by atoms with E-state index in [-0.39, 0.29) is 0 Å². The zero-order valence-electron chi connectivity index (χ0n) is 11.9. The van der Waals surface area contributed by atoms with E-state index in [1.807, 2.05) is 12.1 Å². The van der Waals surface area contributed by atoms with Crippen LogP contribution in [0.2, 0.25) is 0 Å². The summed E-state index contributed by atoms with van der Waals surface area (Å²) >= 11 is 0. The van der Waals surface area contributed by atoms with E-state index in [9.17, 15) is 5.26 Å². The van der Waals surface area contributed by atoms with Gasteiger partial charge in [-0.3, -0.25) is 0 Å². The SMILES string of the molecule is COc1ccc(Nc2nc3c(cc2C#N)CCCC3)cn1. The van der Waals surface area contributed by atoms with Gasteiger partial charge in [-0.1, -0.05) is 0 Å². The van der Waals surface area contributed by atoms with Gasteiger partial charge in [0.25, 0.3) is 0 Å². The first-order valence-corrected chi connectivity index (χ1v) is 7.00. The Kier molecular flexibility index (Phi) is 3.69. The van der Waals surface area contributed by atoms with Crippen LogP contribution in [0.15, 0.2) is 24.4 Å². The van der Waals surface area contributed by atoms with Gasteiger partial charge in [0.2, 0.25) is 5.88 Å². The Balaban J connectivity index is 1.91. The van der Waals surface area contributed by atoms with Crippen molar-refractivity contribution in [3.05, 3.63) is 41.2 Å². The predicted octanol–water partition coefficient (Wildman–Crippen LogP) is 2.98. The average molecular weight is 280 g/mol. The molecule has 0 spiro atoms. The molecule has 1 N–H and O–H groups in total. The second-order valence-corrected chi connectivity index (χ2v) is 5.02. The molecule has 0 aromatic carbocycles. The fourth-order valence-electron chi connectivity index (χ4n) is 2.53. The highest BCUT2D eigenvalue weighted by molar-refractivity contribution is 5.63. The minimum absolute atomic E-state index is 0.555. The Morgan fingerprint density at radius 3 is 2.86 bits per heavy atom. The number of hydrogen-bond donors (Lipinski definition) is 1. The van der Waals surface area contributed by atoms with Gasteiger partial charge in [-0.25, -0.2) is 9.97 Å². The van der Waals surface area contributed by atoms with E-state index >= 15 is 0 Å². The highest BCUT2D eigenvalue weighted by Gasteiger charge is 2.15. The summed E-state index contributed by atoms with van der Waals surface area (Å²) < 4.78 is 5.03. The Morgan fingerprint density at radius 2 is 2.14 bits per heavy atom. The zero-order chi connectivity index (χ0) is 14.7. The van der Waals surface area contributed by atoms with Gasteiger partial charge in [0.15, 0.2) is 0 Å². The summed E-state index contributed by atoms with van der Waals surface area (Å²) in [7, 11) is 1.58. The Labute approximate surface area is 123 Å². The van der Waals surface area contributed by atoms with E-state index in [4.69, 9.17) is 4.74 Å². The Bertz CT molecular complexity index is 689. The normalized spacial score (nSPS) is 13.1. The molecular formula is C16H16N4O. The third kappa shape index (κ3) is 2.79. The van der Waals surface area contributed by atoms with Gasteiger partial charge in [-0.2, -0.15) is 5.26 Å². The van der Waals surface area contributed by atoms with Crippen molar-refractivity contribution in [2.24, 2.45) is 0 Å². The molecule has 1 aliphatic rings. The monoisotopic (exact) mass is 280 g/mol. The van der Waals surface area contributed by atoms with Crippen LogP contribution in [0.5, 0.6) is 5.88 Å². The molecule has 5 nitrogen and oxygen atoms in total. The van der Waals surface area contributed by atoms with Crippen molar-refractivity contribution in [3.8, 4) is 11.9 Å². The molecule has 5 heteroatoms. The van der Waals surface area contributed by atoms with Gasteiger partial charge >= 0.3 is 0 Å². The minimum Gasteiger partial charge on any atom is -0.481 e. The van der Waals surface area contributed by atoms with Crippen LogP contribution < -0.4 is 10.1 Å². The smallest absolute Gasteiger partial charge is 0.213 e. The molecule has 0 radical (unpaired) electrons. The van der Waals surface area contributed by atoms with Gasteiger partial charge in [0.1, 0.15) is 11.9 Å². The molecule has 0 unspecified atom stereocenters. The summed E-state index contributed by atoms with van der Waals surface area (Å²) in [4.78, 5) is 8.77. The Morgan fingerprint density at radius 1 is 1.29 bits per heavy atom. The summed E-state index contributed by atoms with van der Waals surface area (Å²) in [5.74, 6) is 1.16. The lowest BCUT2D eigenvalue weighted by atomic mass is 9.95. The lowest BCUT2D eigenvalue weighted by Crippen LogP contribution is -2.09. The number of nitrogens with one attached hydrogen (secondary N) is 1. The van der Waals surface area contributed by atoms with E-state index < -0.39 is 0 Å². The number of nitrogens with zero attached hydrogens (tertiary/aromatic N) is 3. The van der Waals surface area contributed by atoms with Gasteiger partial charge in [-0.15, -0.1) is 0 Å². The van der Waals surface area contributed by atoms with Crippen LogP contribution in [0.1, 0.15) is 29.7 Å². The maximum absolute atomic E-state index is 9.31. The van der Waals surface area contributed by atoms with Crippen LogP contribution >= 0.6 is 0 Å². The summed E-state index contributed by atoms with van der Waals surface area (Å²) in [6.45, 7) is 0. The topological polar surface area (TPSA) is 70.8 Å².